The van der Waals surface area contributed by atoms with E-state index in [0.717, 1.165) is 19.6 Å². The molecule has 6 heteroatoms. The van der Waals surface area contributed by atoms with Crippen LogP contribution in [0.4, 0.5) is 4.79 Å². The first kappa shape index (κ1) is 15.2. The zero-order chi connectivity index (χ0) is 12.6. The predicted molar refractivity (Wildman–Crippen MR) is 60.6 cm³/mol. The molecule has 0 saturated carbocycles. The number of aliphatic hydroxyl groups excluding tert-OH is 1. The van der Waals surface area contributed by atoms with E-state index in [1.807, 2.05) is 0 Å². The summed E-state index contributed by atoms with van der Waals surface area (Å²) in [5.41, 5.74) is -0.578. The lowest BCUT2D eigenvalue weighted by Gasteiger charge is -2.21. The van der Waals surface area contributed by atoms with Gasteiger partial charge in [0, 0.05) is 25.7 Å². The van der Waals surface area contributed by atoms with Crippen LogP contribution in [-0.2, 0) is 4.74 Å². The summed E-state index contributed by atoms with van der Waals surface area (Å²) in [5, 5.41) is 22.9. The number of nitrogens with one attached hydrogen (secondary N) is 2. The Bertz CT molecular complexity index is 197. The van der Waals surface area contributed by atoms with Crippen molar-refractivity contribution >= 4 is 6.16 Å². The van der Waals surface area contributed by atoms with Gasteiger partial charge < -0.3 is 25.6 Å². The molecule has 1 aliphatic heterocycles. The molecule has 6 nitrogen and oxygen atoms in total. The second kappa shape index (κ2) is 7.43. The van der Waals surface area contributed by atoms with Crippen molar-refractivity contribution in [2.75, 3.05) is 26.2 Å². The van der Waals surface area contributed by atoms with Crippen LogP contribution in [0.25, 0.3) is 0 Å². The molecule has 1 unspecified atom stereocenters. The molecule has 0 spiro atoms. The van der Waals surface area contributed by atoms with E-state index in [-0.39, 0.29) is 12.6 Å². The van der Waals surface area contributed by atoms with E-state index < -0.39 is 11.8 Å². The third-order valence-electron chi connectivity index (χ3n) is 1.74. The summed E-state index contributed by atoms with van der Waals surface area (Å²) in [6.45, 7) is 8.19. The maximum Gasteiger partial charge on any atom is 0.506 e. The SMILES string of the molecule is CC(C)(C)OC(=O)O.OCC1CNCCN1. The predicted octanol–water partition coefficient (Wildman–Crippen LogP) is 0.0196. The molecule has 1 fully saturated rings. The number of rotatable bonds is 1. The third kappa shape index (κ3) is 9.70. The van der Waals surface area contributed by atoms with Crippen LogP contribution in [0.1, 0.15) is 20.8 Å². The van der Waals surface area contributed by atoms with Crippen LogP contribution in [-0.4, -0.2) is 54.3 Å². The van der Waals surface area contributed by atoms with Crippen molar-refractivity contribution < 1.29 is 19.7 Å². The van der Waals surface area contributed by atoms with Crippen LogP contribution in [0.15, 0.2) is 0 Å². The Kier molecular flexibility index (Phi) is 7.03. The summed E-state index contributed by atoms with van der Waals surface area (Å²) in [6.07, 6.45) is -1.22. The monoisotopic (exact) mass is 234 g/mol. The molecule has 4 N–H and O–H groups in total. The standard InChI is InChI=1S/C5H12N2O.C5H10O3/c8-4-5-3-6-1-2-7-5;1-5(2,3)8-4(6)7/h5-8H,1-4H2;1-3H3,(H,6,7). The number of carboxylic acid groups (broad SMARTS) is 1. The average molecular weight is 234 g/mol. The van der Waals surface area contributed by atoms with E-state index in [1.54, 1.807) is 20.8 Å². The lowest BCUT2D eigenvalue weighted by atomic mass is 10.2. The van der Waals surface area contributed by atoms with Gasteiger partial charge >= 0.3 is 6.16 Å². The minimum Gasteiger partial charge on any atom is -0.450 e. The zero-order valence-corrected chi connectivity index (χ0v) is 10.1. The van der Waals surface area contributed by atoms with Crippen LogP contribution in [0.5, 0.6) is 0 Å². The molecule has 0 aliphatic carbocycles. The van der Waals surface area contributed by atoms with Gasteiger partial charge in [-0.05, 0) is 20.8 Å². The quantitative estimate of drug-likeness (QED) is 0.478. The van der Waals surface area contributed by atoms with E-state index in [0.29, 0.717) is 0 Å². The van der Waals surface area contributed by atoms with Gasteiger partial charge in [0.25, 0.3) is 0 Å². The van der Waals surface area contributed by atoms with Crippen molar-refractivity contribution in [3.63, 3.8) is 0 Å². The minimum atomic E-state index is -1.22. The van der Waals surface area contributed by atoms with Crippen molar-refractivity contribution in [3.05, 3.63) is 0 Å². The number of hydrogen-bond acceptors (Lipinski definition) is 5. The Morgan fingerprint density at radius 1 is 1.44 bits per heavy atom. The van der Waals surface area contributed by atoms with E-state index in [2.05, 4.69) is 15.4 Å². The molecule has 1 rings (SSSR count). The van der Waals surface area contributed by atoms with Crippen LogP contribution >= 0.6 is 0 Å². The topological polar surface area (TPSA) is 90.8 Å². The summed E-state index contributed by atoms with van der Waals surface area (Å²) >= 11 is 0. The van der Waals surface area contributed by atoms with Crippen LogP contribution < -0.4 is 10.6 Å². The molecule has 0 aromatic rings. The molecule has 1 aliphatic rings. The molecule has 1 heterocycles. The highest BCUT2D eigenvalue weighted by molar-refractivity contribution is 5.57. The lowest BCUT2D eigenvalue weighted by molar-refractivity contribution is 0.0150. The first-order chi connectivity index (χ1) is 7.35. The van der Waals surface area contributed by atoms with Crippen LogP contribution in [0.3, 0.4) is 0 Å². The van der Waals surface area contributed by atoms with Crippen molar-refractivity contribution in [1.82, 2.24) is 10.6 Å². The van der Waals surface area contributed by atoms with E-state index >= 15 is 0 Å². The van der Waals surface area contributed by atoms with E-state index in [4.69, 9.17) is 10.2 Å². The lowest BCUT2D eigenvalue weighted by Crippen LogP contribution is -2.49. The van der Waals surface area contributed by atoms with Gasteiger partial charge in [0.2, 0.25) is 0 Å². The largest absolute Gasteiger partial charge is 0.506 e. The highest BCUT2D eigenvalue weighted by Gasteiger charge is 2.14. The fourth-order valence-corrected chi connectivity index (χ4v) is 1.10. The first-order valence-electron chi connectivity index (χ1n) is 5.32. The van der Waals surface area contributed by atoms with Gasteiger partial charge in [-0.1, -0.05) is 0 Å². The van der Waals surface area contributed by atoms with Gasteiger partial charge in [-0.2, -0.15) is 0 Å². The summed E-state index contributed by atoms with van der Waals surface area (Å²) < 4.78 is 4.35. The van der Waals surface area contributed by atoms with Crippen molar-refractivity contribution in [3.8, 4) is 0 Å². The summed E-state index contributed by atoms with van der Waals surface area (Å²) in [6, 6.07) is 0.281. The molecule has 0 aromatic heterocycles. The van der Waals surface area contributed by atoms with Crippen molar-refractivity contribution in [2.24, 2.45) is 0 Å². The summed E-state index contributed by atoms with van der Waals surface area (Å²) in [4.78, 5) is 9.79. The zero-order valence-electron chi connectivity index (χ0n) is 10.1. The van der Waals surface area contributed by atoms with Gasteiger partial charge in [0.1, 0.15) is 5.60 Å². The molecule has 0 radical (unpaired) electrons. The Labute approximate surface area is 96.0 Å². The van der Waals surface area contributed by atoms with Gasteiger partial charge in [-0.15, -0.1) is 0 Å². The Hall–Kier alpha value is -0.850. The molecule has 0 bridgehead atoms. The van der Waals surface area contributed by atoms with Crippen molar-refractivity contribution in [2.45, 2.75) is 32.4 Å². The highest BCUT2D eigenvalue weighted by Crippen LogP contribution is 2.05. The van der Waals surface area contributed by atoms with Crippen LogP contribution in [0.2, 0.25) is 0 Å². The number of carbonyl (C=O) groups is 1. The molecular weight excluding hydrogens is 212 g/mol. The Balaban J connectivity index is 0.000000281. The Morgan fingerprint density at radius 3 is 2.25 bits per heavy atom. The van der Waals surface area contributed by atoms with Gasteiger partial charge in [0.05, 0.1) is 6.61 Å². The van der Waals surface area contributed by atoms with Gasteiger partial charge in [-0.25, -0.2) is 4.79 Å². The summed E-state index contributed by atoms with van der Waals surface area (Å²) in [7, 11) is 0. The number of aliphatic hydroxyl groups is 1. The highest BCUT2D eigenvalue weighted by atomic mass is 16.7. The first-order valence-corrected chi connectivity index (χ1v) is 5.32. The second-order valence-corrected chi connectivity index (χ2v) is 4.52. The Morgan fingerprint density at radius 2 is 2.06 bits per heavy atom. The van der Waals surface area contributed by atoms with E-state index in [1.165, 1.54) is 0 Å². The number of hydrogen-bond donors (Lipinski definition) is 4. The average Bonchev–Trinajstić information content (AvgIpc) is 2.16. The smallest absolute Gasteiger partial charge is 0.450 e. The van der Waals surface area contributed by atoms with Gasteiger partial charge in [-0.3, -0.25) is 0 Å². The molecule has 1 saturated heterocycles. The van der Waals surface area contributed by atoms with Gasteiger partial charge in [0.15, 0.2) is 0 Å². The molecule has 0 amide bonds. The van der Waals surface area contributed by atoms with Crippen molar-refractivity contribution in [1.29, 1.82) is 0 Å². The molecule has 96 valence electrons. The second-order valence-electron chi connectivity index (χ2n) is 4.52. The molecule has 1 atom stereocenters. The molecule has 0 aromatic carbocycles. The normalized spacial score (nSPS) is 20.6. The fraction of sp³-hybridized carbons (Fsp3) is 0.900. The maximum absolute atomic E-state index is 9.79. The van der Waals surface area contributed by atoms with E-state index in [9.17, 15) is 4.79 Å². The summed E-state index contributed by atoms with van der Waals surface area (Å²) in [5.74, 6) is 0. The minimum absolute atomic E-state index is 0.243. The fourth-order valence-electron chi connectivity index (χ4n) is 1.10. The van der Waals surface area contributed by atoms with Crippen LogP contribution in [0, 0.1) is 0 Å². The molecule has 16 heavy (non-hydrogen) atoms. The third-order valence-corrected chi connectivity index (χ3v) is 1.74. The number of piperazine rings is 1. The molecular formula is C10H22N2O4. The number of ether oxygens (including phenoxy) is 1. The maximum atomic E-state index is 9.79.